The Morgan fingerprint density at radius 2 is 1.86 bits per heavy atom. The second kappa shape index (κ2) is 8.99. The molecule has 148 valence electrons. The van der Waals surface area contributed by atoms with Crippen LogP contribution in [0.2, 0.25) is 0 Å². The summed E-state index contributed by atoms with van der Waals surface area (Å²) in [5, 5.41) is 20.4. The molecule has 1 fully saturated rings. The van der Waals surface area contributed by atoms with Gasteiger partial charge in [-0.25, -0.2) is 9.18 Å². The Labute approximate surface area is 160 Å². The number of carbonyl (C=O) groups excluding carboxylic acids is 2. The fraction of sp³-hybridized carbons (Fsp3) is 0.368. The number of β-lactam (4-membered cyclic amide) rings is 1. The maximum Gasteiger partial charge on any atom is 0.332 e. The predicted octanol–water partition coefficient (Wildman–Crippen LogP) is 1.46. The third-order valence-corrected chi connectivity index (χ3v) is 4.39. The summed E-state index contributed by atoms with van der Waals surface area (Å²) in [7, 11) is 0. The molecule has 9 heteroatoms. The Balaban J connectivity index is 2.35. The van der Waals surface area contributed by atoms with E-state index in [4.69, 9.17) is 11.5 Å². The highest BCUT2D eigenvalue weighted by Crippen LogP contribution is 2.27. The van der Waals surface area contributed by atoms with E-state index in [0.717, 1.165) is 6.08 Å². The number of carbonyl (C=O) groups is 4. The van der Waals surface area contributed by atoms with E-state index >= 15 is 0 Å². The zero-order chi connectivity index (χ0) is 20.8. The van der Waals surface area contributed by atoms with E-state index in [1.807, 2.05) is 0 Å². The van der Waals surface area contributed by atoms with Gasteiger partial charge in [0.05, 0.1) is 25.1 Å². The molecule has 28 heavy (non-hydrogen) atoms. The fourth-order valence-corrected chi connectivity index (χ4v) is 2.99. The number of carboxylic acids is 2. The summed E-state index contributed by atoms with van der Waals surface area (Å²) < 4.78 is 14.4. The molecule has 1 aliphatic heterocycles. The quantitative estimate of drug-likeness (QED) is 0.447. The largest absolute Gasteiger partial charge is 0.481 e. The first-order valence-corrected chi connectivity index (χ1v) is 8.56. The molecule has 8 nitrogen and oxygen atoms in total. The molecule has 0 bridgehead atoms. The van der Waals surface area contributed by atoms with Gasteiger partial charge in [0.2, 0.25) is 5.91 Å². The van der Waals surface area contributed by atoms with Crippen LogP contribution in [0.3, 0.4) is 0 Å². The Hall–Kier alpha value is -3.41. The number of carboxylic acid groups (broad SMARTS) is 2. The smallest absolute Gasteiger partial charge is 0.332 e. The van der Waals surface area contributed by atoms with E-state index in [-0.39, 0.29) is 42.9 Å². The van der Waals surface area contributed by atoms with Crippen LogP contribution in [-0.4, -0.2) is 45.4 Å². The van der Waals surface area contributed by atoms with E-state index < -0.39 is 35.8 Å². The molecule has 0 spiro atoms. The number of hydrogen-bond acceptors (Lipinski definition) is 4. The number of rotatable bonds is 7. The summed E-state index contributed by atoms with van der Waals surface area (Å²) in [4.78, 5) is 47.5. The van der Waals surface area contributed by atoms with E-state index in [2.05, 4.69) is 11.2 Å². The van der Waals surface area contributed by atoms with Gasteiger partial charge >= 0.3 is 11.9 Å². The van der Waals surface area contributed by atoms with Gasteiger partial charge in [0, 0.05) is 16.8 Å². The van der Waals surface area contributed by atoms with Crippen molar-refractivity contribution < 1.29 is 33.8 Å². The summed E-state index contributed by atoms with van der Waals surface area (Å²) in [6.07, 6.45) is 6.99. The minimum atomic E-state index is -1.45. The van der Waals surface area contributed by atoms with E-state index in [9.17, 15) is 28.7 Å². The zero-order valence-corrected chi connectivity index (χ0v) is 15.0. The van der Waals surface area contributed by atoms with Crippen molar-refractivity contribution in [1.82, 2.24) is 10.2 Å². The van der Waals surface area contributed by atoms with Crippen molar-refractivity contribution in [1.29, 1.82) is 0 Å². The molecular weight excluding hydrogens is 371 g/mol. The van der Waals surface area contributed by atoms with Crippen LogP contribution in [0.25, 0.3) is 0 Å². The summed E-state index contributed by atoms with van der Waals surface area (Å²) in [6.45, 7) is -0.0409. The molecule has 0 aromatic rings. The van der Waals surface area contributed by atoms with Crippen LogP contribution >= 0.6 is 0 Å². The number of amides is 2. The molecule has 2 amide bonds. The lowest BCUT2D eigenvalue weighted by Gasteiger charge is -2.32. The maximum absolute atomic E-state index is 14.4. The number of terminal acetylenes is 1. The number of aliphatic carboxylic acids is 2. The van der Waals surface area contributed by atoms with Gasteiger partial charge in [-0.1, -0.05) is 5.92 Å². The van der Waals surface area contributed by atoms with Crippen LogP contribution in [0, 0.1) is 12.3 Å². The SMILES string of the molecule is C#CCN1C(=O)CC1=CC(NC(=O)C1=C(C(=O)O)CCCC1)=C(F)CC(=O)O. The normalized spacial score (nSPS) is 18.9. The zero-order valence-electron chi connectivity index (χ0n) is 15.0. The summed E-state index contributed by atoms with van der Waals surface area (Å²) in [5.74, 6) is -2.60. The molecule has 2 rings (SSSR count). The molecule has 0 aromatic carbocycles. The Morgan fingerprint density at radius 1 is 1.21 bits per heavy atom. The fourth-order valence-electron chi connectivity index (χ4n) is 2.99. The molecule has 0 aromatic heterocycles. The first-order valence-electron chi connectivity index (χ1n) is 8.56. The Bertz CT molecular complexity index is 862. The lowest BCUT2D eigenvalue weighted by Crippen LogP contribution is -2.41. The van der Waals surface area contributed by atoms with Crippen LogP contribution in [0.15, 0.2) is 34.4 Å². The van der Waals surface area contributed by atoms with Crippen molar-refractivity contribution >= 4 is 23.8 Å². The maximum atomic E-state index is 14.4. The molecule has 0 unspecified atom stereocenters. The van der Waals surface area contributed by atoms with Gasteiger partial charge in [-0.05, 0) is 31.8 Å². The molecule has 2 aliphatic rings. The highest BCUT2D eigenvalue weighted by atomic mass is 19.1. The first-order chi connectivity index (χ1) is 13.2. The second-order valence-corrected chi connectivity index (χ2v) is 6.31. The minimum Gasteiger partial charge on any atom is -0.481 e. The standard InChI is InChI=1S/C19H19FN2O6/c1-2-7-22-11(9-16(22)23)8-15(14(20)10-17(24)25)21-18(26)12-5-3-4-6-13(12)19(27)28/h1,8H,3-7,9-10H2,(H,21,26)(H,24,25)(H,27,28). The minimum absolute atomic E-state index is 0.0305. The summed E-state index contributed by atoms with van der Waals surface area (Å²) in [6, 6.07) is 0. The molecular formula is C19H19FN2O6. The van der Waals surface area contributed by atoms with E-state index in [1.165, 1.54) is 4.90 Å². The predicted molar refractivity (Wildman–Crippen MR) is 94.9 cm³/mol. The summed E-state index contributed by atoms with van der Waals surface area (Å²) in [5.41, 5.74) is -0.111. The van der Waals surface area contributed by atoms with Gasteiger partial charge < -0.3 is 20.4 Å². The van der Waals surface area contributed by atoms with Crippen molar-refractivity contribution in [2.24, 2.45) is 0 Å². The van der Waals surface area contributed by atoms with Gasteiger partial charge in [-0.3, -0.25) is 14.4 Å². The van der Waals surface area contributed by atoms with Crippen LogP contribution in [-0.2, 0) is 19.2 Å². The lowest BCUT2D eigenvalue weighted by molar-refractivity contribution is -0.137. The van der Waals surface area contributed by atoms with Gasteiger partial charge in [-0.2, -0.15) is 0 Å². The molecule has 0 saturated carbocycles. The summed E-state index contributed by atoms with van der Waals surface area (Å²) >= 11 is 0. The van der Waals surface area contributed by atoms with Crippen molar-refractivity contribution in [2.75, 3.05) is 6.54 Å². The number of likely N-dealkylation sites (tertiary alicyclic amines) is 1. The number of allylic oxidation sites excluding steroid dienone is 1. The number of hydrogen-bond donors (Lipinski definition) is 3. The van der Waals surface area contributed by atoms with Crippen molar-refractivity contribution in [2.45, 2.75) is 38.5 Å². The first kappa shape index (κ1) is 20.9. The van der Waals surface area contributed by atoms with Crippen molar-refractivity contribution in [3.05, 3.63) is 34.4 Å². The molecule has 1 aliphatic carbocycles. The van der Waals surface area contributed by atoms with E-state index in [0.29, 0.717) is 18.5 Å². The van der Waals surface area contributed by atoms with Gasteiger partial charge in [0.1, 0.15) is 5.83 Å². The van der Waals surface area contributed by atoms with Crippen LogP contribution in [0.5, 0.6) is 0 Å². The van der Waals surface area contributed by atoms with Crippen LogP contribution < -0.4 is 5.32 Å². The van der Waals surface area contributed by atoms with Gasteiger partial charge in [-0.15, -0.1) is 6.42 Å². The molecule has 0 atom stereocenters. The van der Waals surface area contributed by atoms with Crippen LogP contribution in [0.1, 0.15) is 38.5 Å². The Kier molecular flexibility index (Phi) is 6.71. The Morgan fingerprint density at radius 3 is 2.39 bits per heavy atom. The molecule has 1 heterocycles. The molecule has 1 saturated heterocycles. The average molecular weight is 390 g/mol. The number of nitrogens with one attached hydrogen (secondary N) is 1. The number of nitrogens with zero attached hydrogens (tertiary/aromatic N) is 1. The number of halogens is 1. The lowest BCUT2D eigenvalue weighted by atomic mass is 9.91. The van der Waals surface area contributed by atoms with Crippen LogP contribution in [0.4, 0.5) is 4.39 Å². The topological polar surface area (TPSA) is 124 Å². The average Bonchev–Trinajstić information content (AvgIpc) is 2.64. The highest BCUT2D eigenvalue weighted by molar-refractivity contribution is 6.03. The monoisotopic (exact) mass is 390 g/mol. The molecule has 3 N–H and O–H groups in total. The van der Waals surface area contributed by atoms with Crippen molar-refractivity contribution in [3.8, 4) is 12.3 Å². The van der Waals surface area contributed by atoms with Gasteiger partial charge in [0.25, 0.3) is 5.91 Å². The third-order valence-electron chi connectivity index (χ3n) is 4.39. The highest BCUT2D eigenvalue weighted by Gasteiger charge is 2.31. The van der Waals surface area contributed by atoms with E-state index in [1.54, 1.807) is 0 Å². The third kappa shape index (κ3) is 4.85. The molecule has 0 radical (unpaired) electrons. The van der Waals surface area contributed by atoms with Gasteiger partial charge in [0.15, 0.2) is 0 Å². The van der Waals surface area contributed by atoms with Crippen molar-refractivity contribution in [3.63, 3.8) is 0 Å². The second-order valence-electron chi connectivity index (χ2n) is 6.31.